The number of ether oxygens (including phenoxy) is 8. The molecule has 0 saturated heterocycles. The topological polar surface area (TPSA) is 164 Å². The predicted molar refractivity (Wildman–Crippen MR) is 200 cm³/mol. The van der Waals surface area contributed by atoms with Crippen LogP contribution in [0.4, 0.5) is 4.79 Å². The van der Waals surface area contributed by atoms with Gasteiger partial charge < -0.3 is 39.0 Å². The Bertz CT molecular complexity index is 552. The van der Waals surface area contributed by atoms with E-state index in [2.05, 4.69) is 12.2 Å². The Hall–Kier alpha value is -0.331. The van der Waals surface area contributed by atoms with Gasteiger partial charge in [0.05, 0.1) is 66.1 Å². The van der Waals surface area contributed by atoms with E-state index in [1.807, 2.05) is 0 Å². The number of unbranched alkanes of at least 4 members (excludes halogenated alkanes) is 9. The number of aliphatic hydroxyl groups is 3. The molecule has 0 unspecified atom stereocenters. The van der Waals surface area contributed by atoms with Crippen LogP contribution in [0.3, 0.4) is 0 Å². The molecule has 13 nitrogen and oxygen atoms in total. The summed E-state index contributed by atoms with van der Waals surface area (Å²) in [4.78, 5) is 11.3. The number of rotatable bonds is 35. The molecule has 3 radical (unpaired) electrons. The summed E-state index contributed by atoms with van der Waals surface area (Å²) in [5, 5.41) is 25.4. The van der Waals surface area contributed by atoms with E-state index in [4.69, 9.17) is 53.2 Å². The van der Waals surface area contributed by atoms with E-state index in [1.54, 1.807) is 20.8 Å². The predicted octanol–water partition coefficient (Wildman–Crippen LogP) is 4.72. The Morgan fingerprint density at radius 2 is 0.720 bits per heavy atom. The third-order valence-corrected chi connectivity index (χ3v) is 6.97. The van der Waals surface area contributed by atoms with Crippen molar-refractivity contribution in [3.05, 3.63) is 0 Å². The summed E-state index contributed by atoms with van der Waals surface area (Å²) >= 11 is 1.48. The Kier molecular flexibility index (Phi) is 68.5. The fourth-order valence-corrected chi connectivity index (χ4v) is 4.14. The van der Waals surface area contributed by atoms with Crippen LogP contribution >= 0.6 is 0 Å². The normalized spacial score (nSPS) is 10.3. The van der Waals surface area contributed by atoms with Crippen LogP contribution in [0.2, 0.25) is 4.44 Å². The standard InChI is InChI=1S/C30H60NO9.3C2H6O.Sn/c1-3-5-6-7-8-9-10-11-12-13-15-33-16-17-34-18-19-35-20-21-36-22-23-37-24-25-38-26-27-39-28-29-40-30(32)31-14-4-2;3*1-2-3;/h2-29H2,1H3,(H,31,32);3*3H,2H2,1H3;. The SMILES string of the molecule is CCCCCCCCCCCCOCCOCCOCCOCCOCCOCCOCCOC(=O)NCC[CH2][Sn].CCO.CCO.CCO. The summed E-state index contributed by atoms with van der Waals surface area (Å²) in [7, 11) is 0. The first-order chi connectivity index (χ1) is 24.6. The van der Waals surface area contributed by atoms with Crippen molar-refractivity contribution in [1.29, 1.82) is 0 Å². The number of amides is 1. The van der Waals surface area contributed by atoms with Crippen LogP contribution < -0.4 is 5.32 Å². The molecule has 0 aliphatic heterocycles. The molecule has 303 valence electrons. The zero-order valence-electron chi connectivity index (χ0n) is 32.4. The van der Waals surface area contributed by atoms with Crippen molar-refractivity contribution < 1.29 is 58.0 Å². The van der Waals surface area contributed by atoms with Gasteiger partial charge in [0.1, 0.15) is 0 Å². The van der Waals surface area contributed by atoms with Gasteiger partial charge in [0.25, 0.3) is 0 Å². The zero-order chi connectivity index (χ0) is 37.9. The Morgan fingerprint density at radius 1 is 0.440 bits per heavy atom. The molecular formula is C36H78NO12Sn. The molecular weight excluding hydrogens is 757 g/mol. The van der Waals surface area contributed by atoms with Gasteiger partial charge in [-0.1, -0.05) is 64.7 Å². The number of aliphatic hydroxyl groups excluding tert-OH is 3. The Labute approximate surface area is 319 Å². The van der Waals surface area contributed by atoms with Crippen LogP contribution in [0.25, 0.3) is 0 Å². The second kappa shape index (κ2) is 60.7. The minimum atomic E-state index is -0.390. The second-order valence-electron chi connectivity index (χ2n) is 10.6. The molecule has 0 fully saturated rings. The van der Waals surface area contributed by atoms with Gasteiger partial charge in [0.2, 0.25) is 0 Å². The summed E-state index contributed by atoms with van der Waals surface area (Å²) in [6.07, 6.45) is 14.0. The smallest absolute Gasteiger partial charge is 0.0402 e. The molecule has 1 amide bonds. The van der Waals surface area contributed by atoms with E-state index in [0.29, 0.717) is 92.4 Å². The monoisotopic (exact) mass is 836 g/mol. The molecule has 0 aliphatic rings. The van der Waals surface area contributed by atoms with Crippen molar-refractivity contribution >= 4 is 28.6 Å². The van der Waals surface area contributed by atoms with E-state index < -0.39 is 0 Å². The molecule has 0 heterocycles. The summed E-state index contributed by atoms with van der Waals surface area (Å²) in [5.74, 6) is 0. The van der Waals surface area contributed by atoms with Gasteiger partial charge in [0, 0.05) is 26.4 Å². The first-order valence-corrected chi connectivity index (χ1v) is 21.0. The molecule has 0 aromatic rings. The minimum Gasteiger partial charge on any atom is -0.397 e. The summed E-state index contributed by atoms with van der Waals surface area (Å²) in [5.41, 5.74) is 0. The molecule has 0 atom stereocenters. The number of carbonyl (C=O) groups is 1. The molecule has 0 spiro atoms. The summed E-state index contributed by atoms with van der Waals surface area (Å²) in [6, 6.07) is 0. The van der Waals surface area contributed by atoms with Crippen molar-refractivity contribution in [1.82, 2.24) is 5.32 Å². The van der Waals surface area contributed by atoms with Gasteiger partial charge in [-0.2, -0.15) is 0 Å². The average Bonchev–Trinajstić information content (AvgIpc) is 3.10. The third-order valence-electron chi connectivity index (χ3n) is 5.96. The fourth-order valence-electron chi connectivity index (χ4n) is 3.64. The minimum absolute atomic E-state index is 0.237. The van der Waals surface area contributed by atoms with Crippen LogP contribution in [-0.4, -0.2) is 169 Å². The van der Waals surface area contributed by atoms with Gasteiger partial charge in [-0.25, -0.2) is 0 Å². The van der Waals surface area contributed by atoms with Crippen molar-refractivity contribution in [3.8, 4) is 0 Å². The maximum Gasteiger partial charge on any atom is 0.0402 e. The Balaban J connectivity index is -0.00000105. The van der Waals surface area contributed by atoms with Gasteiger partial charge >= 0.3 is 96.8 Å². The van der Waals surface area contributed by atoms with Crippen LogP contribution in [0, 0.1) is 0 Å². The van der Waals surface area contributed by atoms with E-state index >= 15 is 0 Å². The number of nitrogens with one attached hydrogen (secondary N) is 1. The van der Waals surface area contributed by atoms with Crippen LogP contribution in [0.5, 0.6) is 0 Å². The van der Waals surface area contributed by atoms with E-state index in [-0.39, 0.29) is 32.5 Å². The van der Waals surface area contributed by atoms with E-state index in [0.717, 1.165) is 23.9 Å². The molecule has 14 heteroatoms. The van der Waals surface area contributed by atoms with E-state index in [1.165, 1.54) is 80.3 Å². The molecule has 0 aromatic carbocycles. The molecule has 0 saturated carbocycles. The number of alkyl carbamates (subject to hydrolysis) is 1. The first-order valence-electron chi connectivity index (χ1n) is 19.0. The van der Waals surface area contributed by atoms with Crippen molar-refractivity contribution in [2.24, 2.45) is 0 Å². The van der Waals surface area contributed by atoms with E-state index in [9.17, 15) is 4.79 Å². The summed E-state index contributed by atoms with van der Waals surface area (Å²) in [6.45, 7) is 16.6. The quantitative estimate of drug-likeness (QED) is 0.0514. The second-order valence-corrected chi connectivity index (χ2v) is 12.0. The van der Waals surface area contributed by atoms with Gasteiger partial charge in [-0.15, -0.1) is 0 Å². The molecule has 0 aliphatic carbocycles. The molecule has 50 heavy (non-hydrogen) atoms. The molecule has 0 aromatic heterocycles. The summed E-state index contributed by atoms with van der Waals surface area (Å²) < 4.78 is 44.5. The van der Waals surface area contributed by atoms with Crippen LogP contribution in [-0.2, 0) is 37.9 Å². The van der Waals surface area contributed by atoms with Gasteiger partial charge in [-0.05, 0) is 27.2 Å². The van der Waals surface area contributed by atoms with Crippen molar-refractivity contribution in [2.75, 3.05) is 125 Å². The van der Waals surface area contributed by atoms with Crippen LogP contribution in [0.1, 0.15) is 98.3 Å². The van der Waals surface area contributed by atoms with Crippen molar-refractivity contribution in [2.45, 2.75) is 103 Å². The molecule has 4 N–H and O–H groups in total. The number of hydrogen-bond donors (Lipinski definition) is 4. The molecule has 0 rings (SSSR count). The zero-order valence-corrected chi connectivity index (χ0v) is 35.3. The fraction of sp³-hybridized carbons (Fsp3) is 0.972. The van der Waals surface area contributed by atoms with Gasteiger partial charge in [0.15, 0.2) is 0 Å². The van der Waals surface area contributed by atoms with Gasteiger partial charge in [-0.3, -0.25) is 0 Å². The largest absolute Gasteiger partial charge is 0.397 e. The Morgan fingerprint density at radius 3 is 1.04 bits per heavy atom. The maximum absolute atomic E-state index is 11.3. The maximum atomic E-state index is 11.3. The average molecular weight is 836 g/mol. The first kappa shape index (κ1) is 56.4. The number of carbonyl (C=O) groups excluding carboxylic acids is 1. The van der Waals surface area contributed by atoms with Crippen molar-refractivity contribution in [3.63, 3.8) is 0 Å². The molecule has 0 bridgehead atoms. The van der Waals surface area contributed by atoms with Crippen LogP contribution in [0.15, 0.2) is 0 Å². The number of hydrogen-bond acceptors (Lipinski definition) is 12. The third kappa shape index (κ3) is 69.4.